The largest absolute Gasteiger partial charge is 0.467 e. The summed E-state index contributed by atoms with van der Waals surface area (Å²) < 4.78 is 18.7. The zero-order valence-electron chi connectivity index (χ0n) is 9.76. The van der Waals surface area contributed by atoms with E-state index in [1.807, 2.05) is 6.92 Å². The van der Waals surface area contributed by atoms with Crippen LogP contribution in [0.5, 0.6) is 0 Å². The SMILES string of the molecule is CC1=C(F)OC(C2CCC(C)CC2)CC1. The molecule has 2 heteroatoms. The number of ether oxygens (including phenoxy) is 1. The summed E-state index contributed by atoms with van der Waals surface area (Å²) in [7, 11) is 0. The van der Waals surface area contributed by atoms with Crippen LogP contribution in [-0.4, -0.2) is 6.10 Å². The van der Waals surface area contributed by atoms with E-state index < -0.39 is 0 Å². The van der Waals surface area contributed by atoms with Crippen LogP contribution in [0.3, 0.4) is 0 Å². The lowest BCUT2D eigenvalue weighted by atomic mass is 9.78. The summed E-state index contributed by atoms with van der Waals surface area (Å²) in [5, 5.41) is 0. The van der Waals surface area contributed by atoms with Crippen LogP contribution in [0.4, 0.5) is 4.39 Å². The van der Waals surface area contributed by atoms with Crippen molar-refractivity contribution >= 4 is 0 Å². The van der Waals surface area contributed by atoms with Gasteiger partial charge in [0, 0.05) is 0 Å². The maximum absolute atomic E-state index is 13.3. The maximum Gasteiger partial charge on any atom is 0.271 e. The van der Waals surface area contributed by atoms with Gasteiger partial charge in [-0.25, -0.2) is 0 Å². The molecule has 0 aromatic heterocycles. The molecule has 2 aliphatic rings. The number of allylic oxidation sites excluding steroid dienone is 1. The summed E-state index contributed by atoms with van der Waals surface area (Å²) in [6.45, 7) is 4.14. The fourth-order valence-corrected chi connectivity index (χ4v) is 2.74. The van der Waals surface area contributed by atoms with E-state index >= 15 is 0 Å². The standard InChI is InChI=1S/C13H21FO/c1-9-3-6-11(7-4-9)12-8-5-10(2)13(14)15-12/h9,11-12H,3-8H2,1-2H3. The second-order valence-electron chi connectivity index (χ2n) is 5.27. The Morgan fingerprint density at radius 2 is 1.80 bits per heavy atom. The van der Waals surface area contributed by atoms with Crippen LogP contribution in [-0.2, 0) is 4.74 Å². The first-order valence-corrected chi connectivity index (χ1v) is 6.18. The lowest BCUT2D eigenvalue weighted by molar-refractivity contribution is -0.00823. The fraction of sp³-hybridized carbons (Fsp3) is 0.846. The smallest absolute Gasteiger partial charge is 0.271 e. The van der Waals surface area contributed by atoms with Crippen molar-refractivity contribution in [1.29, 1.82) is 0 Å². The molecular weight excluding hydrogens is 191 g/mol. The van der Waals surface area contributed by atoms with Crippen LogP contribution < -0.4 is 0 Å². The van der Waals surface area contributed by atoms with Crippen LogP contribution in [0.1, 0.15) is 52.4 Å². The Morgan fingerprint density at radius 1 is 1.13 bits per heavy atom. The average molecular weight is 212 g/mol. The molecule has 1 saturated carbocycles. The van der Waals surface area contributed by atoms with E-state index in [9.17, 15) is 4.39 Å². The molecule has 0 aromatic carbocycles. The first-order chi connectivity index (χ1) is 7.16. The molecule has 1 fully saturated rings. The molecule has 0 amide bonds. The summed E-state index contributed by atoms with van der Waals surface area (Å²) in [4.78, 5) is 0. The van der Waals surface area contributed by atoms with Gasteiger partial charge in [0.05, 0.1) is 0 Å². The van der Waals surface area contributed by atoms with Crippen LogP contribution in [0.25, 0.3) is 0 Å². The molecule has 1 aliphatic carbocycles. The van der Waals surface area contributed by atoms with Gasteiger partial charge in [-0.15, -0.1) is 0 Å². The Morgan fingerprint density at radius 3 is 2.40 bits per heavy atom. The van der Waals surface area contributed by atoms with Gasteiger partial charge in [0.25, 0.3) is 6.01 Å². The van der Waals surface area contributed by atoms with E-state index in [4.69, 9.17) is 4.74 Å². The van der Waals surface area contributed by atoms with Crippen molar-refractivity contribution in [2.45, 2.75) is 58.5 Å². The van der Waals surface area contributed by atoms with Gasteiger partial charge >= 0.3 is 0 Å². The minimum Gasteiger partial charge on any atom is -0.467 e. The second-order valence-corrected chi connectivity index (χ2v) is 5.27. The highest BCUT2D eigenvalue weighted by molar-refractivity contribution is 5.03. The highest BCUT2D eigenvalue weighted by Crippen LogP contribution is 2.37. The molecule has 86 valence electrons. The molecule has 0 radical (unpaired) electrons. The Kier molecular flexibility index (Phi) is 3.32. The van der Waals surface area contributed by atoms with Crippen molar-refractivity contribution in [2.24, 2.45) is 11.8 Å². The number of rotatable bonds is 1. The Bertz CT molecular complexity index is 251. The van der Waals surface area contributed by atoms with Crippen molar-refractivity contribution in [1.82, 2.24) is 0 Å². The van der Waals surface area contributed by atoms with Crippen molar-refractivity contribution in [3.63, 3.8) is 0 Å². The van der Waals surface area contributed by atoms with E-state index in [2.05, 4.69) is 6.92 Å². The molecule has 1 heterocycles. The quantitative estimate of drug-likeness (QED) is 0.633. The lowest BCUT2D eigenvalue weighted by Crippen LogP contribution is -2.29. The van der Waals surface area contributed by atoms with Gasteiger partial charge in [-0.3, -0.25) is 0 Å². The third-order valence-electron chi connectivity index (χ3n) is 3.98. The van der Waals surface area contributed by atoms with Crippen LogP contribution in [0.2, 0.25) is 0 Å². The molecule has 1 nitrogen and oxygen atoms in total. The van der Waals surface area contributed by atoms with E-state index in [0.717, 1.165) is 24.3 Å². The topological polar surface area (TPSA) is 9.23 Å². The van der Waals surface area contributed by atoms with Gasteiger partial charge in [-0.05, 0) is 50.0 Å². The molecule has 0 N–H and O–H groups in total. The zero-order chi connectivity index (χ0) is 10.8. The molecule has 0 saturated heterocycles. The third kappa shape index (κ3) is 2.53. The number of hydrogen-bond acceptors (Lipinski definition) is 1. The van der Waals surface area contributed by atoms with Crippen molar-refractivity contribution in [3.8, 4) is 0 Å². The number of hydrogen-bond donors (Lipinski definition) is 0. The highest BCUT2D eigenvalue weighted by Gasteiger charge is 2.30. The van der Waals surface area contributed by atoms with Crippen LogP contribution in [0, 0.1) is 11.8 Å². The monoisotopic (exact) mass is 212 g/mol. The van der Waals surface area contributed by atoms with E-state index in [1.54, 1.807) is 0 Å². The Balaban J connectivity index is 1.90. The van der Waals surface area contributed by atoms with Gasteiger partial charge in [0.1, 0.15) is 6.10 Å². The van der Waals surface area contributed by atoms with Crippen molar-refractivity contribution in [2.75, 3.05) is 0 Å². The molecule has 0 spiro atoms. The first-order valence-electron chi connectivity index (χ1n) is 6.18. The van der Waals surface area contributed by atoms with Crippen LogP contribution in [0.15, 0.2) is 11.6 Å². The molecule has 15 heavy (non-hydrogen) atoms. The molecule has 0 bridgehead atoms. The fourth-order valence-electron chi connectivity index (χ4n) is 2.74. The minimum absolute atomic E-state index is 0.154. The molecule has 1 atom stereocenters. The number of halogens is 1. The summed E-state index contributed by atoms with van der Waals surface area (Å²) in [6.07, 6.45) is 7.06. The van der Waals surface area contributed by atoms with E-state index in [1.165, 1.54) is 25.7 Å². The Hall–Kier alpha value is -0.530. The second kappa shape index (κ2) is 4.54. The zero-order valence-corrected chi connectivity index (χ0v) is 9.76. The van der Waals surface area contributed by atoms with E-state index in [0.29, 0.717) is 5.92 Å². The predicted molar refractivity (Wildman–Crippen MR) is 59.0 cm³/mol. The predicted octanol–water partition coefficient (Wildman–Crippen LogP) is 4.19. The van der Waals surface area contributed by atoms with Crippen molar-refractivity contribution < 1.29 is 9.13 Å². The van der Waals surface area contributed by atoms with Gasteiger partial charge in [0.15, 0.2) is 0 Å². The van der Waals surface area contributed by atoms with Gasteiger partial charge in [-0.1, -0.05) is 19.8 Å². The average Bonchev–Trinajstić information content (AvgIpc) is 2.23. The highest BCUT2D eigenvalue weighted by atomic mass is 19.1. The summed E-state index contributed by atoms with van der Waals surface area (Å²) >= 11 is 0. The normalized spacial score (nSPS) is 37.7. The van der Waals surface area contributed by atoms with E-state index in [-0.39, 0.29) is 12.1 Å². The van der Waals surface area contributed by atoms with Gasteiger partial charge < -0.3 is 4.74 Å². The first kappa shape index (κ1) is 11.0. The van der Waals surface area contributed by atoms with Crippen LogP contribution >= 0.6 is 0 Å². The summed E-state index contributed by atoms with van der Waals surface area (Å²) in [6, 6.07) is -0.301. The molecular formula is C13H21FO. The molecule has 1 aliphatic heterocycles. The lowest BCUT2D eigenvalue weighted by Gasteiger charge is -2.34. The Labute approximate surface area is 91.7 Å². The summed E-state index contributed by atoms with van der Waals surface area (Å²) in [5.41, 5.74) is 0.787. The molecule has 0 aromatic rings. The molecule has 1 unspecified atom stereocenters. The third-order valence-corrected chi connectivity index (χ3v) is 3.98. The summed E-state index contributed by atoms with van der Waals surface area (Å²) in [5.74, 6) is 1.45. The van der Waals surface area contributed by atoms with Gasteiger partial charge in [-0.2, -0.15) is 4.39 Å². The van der Waals surface area contributed by atoms with Crippen molar-refractivity contribution in [3.05, 3.63) is 11.6 Å². The maximum atomic E-state index is 13.3. The van der Waals surface area contributed by atoms with Gasteiger partial charge in [0.2, 0.25) is 0 Å². The minimum atomic E-state index is -0.301. The molecule has 2 rings (SSSR count).